The predicted octanol–water partition coefficient (Wildman–Crippen LogP) is -0.607. The van der Waals surface area contributed by atoms with Crippen LogP contribution >= 0.6 is 0 Å². The van der Waals surface area contributed by atoms with Crippen LogP contribution in [-0.4, -0.2) is 74.9 Å². The number of carbonyl (C=O) groups is 1. The fourth-order valence-electron chi connectivity index (χ4n) is 3.70. The van der Waals surface area contributed by atoms with Crippen LogP contribution in [0.5, 0.6) is 0 Å². The van der Waals surface area contributed by atoms with Crippen LogP contribution in [0.3, 0.4) is 0 Å². The van der Waals surface area contributed by atoms with Gasteiger partial charge in [0.2, 0.25) is 0 Å². The standard InChI is InChI=1S/C16H26O8/c1-7-4-8(5-16(2,3)10(7)14(21)22)23-15-13(20)12(19)11(18)9(6-17)24-15/h8-9,11-13,15,17-20H,4-6H2,1-3H3,(H,21,22)/t8?,9-,11-,12+,13-,15-/m1/s1. The molecule has 8 heteroatoms. The lowest BCUT2D eigenvalue weighted by Crippen LogP contribution is -2.59. The van der Waals surface area contributed by atoms with Crippen molar-refractivity contribution < 1.29 is 39.8 Å². The largest absolute Gasteiger partial charge is 0.478 e. The molecule has 1 aliphatic heterocycles. The number of aliphatic hydroxyl groups excluding tert-OH is 4. The van der Waals surface area contributed by atoms with E-state index in [0.29, 0.717) is 24.0 Å². The minimum atomic E-state index is -1.50. The third kappa shape index (κ3) is 3.63. The fourth-order valence-corrected chi connectivity index (χ4v) is 3.70. The molecule has 0 aromatic carbocycles. The van der Waals surface area contributed by atoms with Gasteiger partial charge in [-0.15, -0.1) is 0 Å². The summed E-state index contributed by atoms with van der Waals surface area (Å²) in [7, 11) is 0. The van der Waals surface area contributed by atoms with E-state index in [1.54, 1.807) is 6.92 Å². The minimum Gasteiger partial charge on any atom is -0.478 e. The van der Waals surface area contributed by atoms with Crippen molar-refractivity contribution in [2.24, 2.45) is 5.41 Å². The molecule has 1 fully saturated rings. The van der Waals surface area contributed by atoms with E-state index in [4.69, 9.17) is 9.47 Å². The van der Waals surface area contributed by atoms with Crippen molar-refractivity contribution in [2.45, 2.75) is 70.4 Å². The predicted molar refractivity (Wildman–Crippen MR) is 82.0 cm³/mol. The van der Waals surface area contributed by atoms with Gasteiger partial charge in [0, 0.05) is 5.57 Å². The summed E-state index contributed by atoms with van der Waals surface area (Å²) in [6, 6.07) is 0. The van der Waals surface area contributed by atoms with E-state index in [2.05, 4.69) is 0 Å². The van der Waals surface area contributed by atoms with E-state index >= 15 is 0 Å². The fraction of sp³-hybridized carbons (Fsp3) is 0.812. The second kappa shape index (κ2) is 7.07. The van der Waals surface area contributed by atoms with Gasteiger partial charge in [-0.3, -0.25) is 0 Å². The third-order valence-electron chi connectivity index (χ3n) is 4.76. The molecule has 5 N–H and O–H groups in total. The van der Waals surface area contributed by atoms with Gasteiger partial charge in [0.1, 0.15) is 24.4 Å². The van der Waals surface area contributed by atoms with Crippen LogP contribution in [0.4, 0.5) is 0 Å². The number of aliphatic hydroxyl groups is 4. The van der Waals surface area contributed by atoms with Crippen LogP contribution < -0.4 is 0 Å². The lowest BCUT2D eigenvalue weighted by atomic mass is 9.71. The Kier molecular flexibility index (Phi) is 5.68. The summed E-state index contributed by atoms with van der Waals surface area (Å²) in [5, 5.41) is 48.2. The summed E-state index contributed by atoms with van der Waals surface area (Å²) in [6.07, 6.45) is -6.28. The summed E-state index contributed by atoms with van der Waals surface area (Å²) in [5.41, 5.74) is 0.428. The molecule has 138 valence electrons. The molecule has 8 nitrogen and oxygen atoms in total. The molecule has 1 saturated heterocycles. The molecule has 0 bridgehead atoms. The third-order valence-corrected chi connectivity index (χ3v) is 4.76. The maximum absolute atomic E-state index is 11.4. The highest BCUT2D eigenvalue weighted by Crippen LogP contribution is 2.42. The molecule has 0 amide bonds. The molecule has 0 aromatic rings. The molecule has 0 spiro atoms. The molecule has 6 atom stereocenters. The zero-order chi connectivity index (χ0) is 18.2. The first-order valence-electron chi connectivity index (χ1n) is 7.98. The van der Waals surface area contributed by atoms with Crippen molar-refractivity contribution in [1.29, 1.82) is 0 Å². The topological polar surface area (TPSA) is 137 Å². The van der Waals surface area contributed by atoms with E-state index in [-0.39, 0.29) is 0 Å². The van der Waals surface area contributed by atoms with Crippen LogP contribution in [0.15, 0.2) is 11.1 Å². The number of hydrogen-bond donors (Lipinski definition) is 5. The summed E-state index contributed by atoms with van der Waals surface area (Å²) < 4.78 is 11.1. The lowest BCUT2D eigenvalue weighted by Gasteiger charge is -2.43. The Morgan fingerprint density at radius 2 is 1.88 bits per heavy atom. The van der Waals surface area contributed by atoms with Gasteiger partial charge in [0.15, 0.2) is 6.29 Å². The van der Waals surface area contributed by atoms with E-state index in [1.165, 1.54) is 0 Å². The van der Waals surface area contributed by atoms with Crippen LogP contribution in [0.1, 0.15) is 33.6 Å². The Hall–Kier alpha value is -1.03. The monoisotopic (exact) mass is 346 g/mol. The Balaban J connectivity index is 2.13. The average Bonchev–Trinajstić information content (AvgIpc) is 2.45. The maximum atomic E-state index is 11.4. The molecule has 1 unspecified atom stereocenters. The van der Waals surface area contributed by atoms with Gasteiger partial charge in [-0.1, -0.05) is 19.4 Å². The quantitative estimate of drug-likeness (QED) is 0.455. The molecule has 1 aliphatic carbocycles. The number of hydrogen-bond acceptors (Lipinski definition) is 7. The SMILES string of the molecule is CC1=C(C(=O)O)C(C)(C)CC(O[C@@H]2O[C@H](CO)[C@@H](O)[C@H](O)[C@H]2O)C1. The first kappa shape index (κ1) is 19.3. The van der Waals surface area contributed by atoms with Crippen molar-refractivity contribution in [2.75, 3.05) is 6.61 Å². The molecular formula is C16H26O8. The van der Waals surface area contributed by atoms with Gasteiger partial charge in [-0.2, -0.15) is 0 Å². The number of rotatable bonds is 4. The van der Waals surface area contributed by atoms with Gasteiger partial charge in [-0.05, 0) is 25.2 Å². The summed E-state index contributed by atoms with van der Waals surface area (Å²) in [4.78, 5) is 11.4. The normalized spacial score (nSPS) is 39.8. The Morgan fingerprint density at radius 1 is 1.25 bits per heavy atom. The van der Waals surface area contributed by atoms with E-state index in [1.807, 2.05) is 13.8 Å². The zero-order valence-electron chi connectivity index (χ0n) is 14.0. The number of carboxylic acid groups (broad SMARTS) is 1. The molecule has 2 aliphatic rings. The number of aliphatic carboxylic acids is 1. The van der Waals surface area contributed by atoms with Crippen LogP contribution in [0, 0.1) is 5.41 Å². The summed E-state index contributed by atoms with van der Waals surface area (Å²) >= 11 is 0. The van der Waals surface area contributed by atoms with Crippen LogP contribution in [0.25, 0.3) is 0 Å². The molecule has 2 rings (SSSR count). The van der Waals surface area contributed by atoms with E-state index < -0.39 is 54.8 Å². The average molecular weight is 346 g/mol. The van der Waals surface area contributed by atoms with Crippen molar-refractivity contribution in [3.8, 4) is 0 Å². The molecule has 24 heavy (non-hydrogen) atoms. The van der Waals surface area contributed by atoms with Gasteiger partial charge in [0.05, 0.1) is 12.7 Å². The molecular weight excluding hydrogens is 320 g/mol. The van der Waals surface area contributed by atoms with Crippen molar-refractivity contribution >= 4 is 5.97 Å². The Labute approximate surface area is 140 Å². The molecule has 1 heterocycles. The van der Waals surface area contributed by atoms with Crippen molar-refractivity contribution in [1.82, 2.24) is 0 Å². The second-order valence-electron chi connectivity index (χ2n) is 7.21. The van der Waals surface area contributed by atoms with Gasteiger partial charge in [-0.25, -0.2) is 4.79 Å². The number of ether oxygens (including phenoxy) is 2. The molecule has 0 radical (unpaired) electrons. The molecule has 0 saturated carbocycles. The van der Waals surface area contributed by atoms with E-state index in [0.717, 1.165) is 0 Å². The summed E-state index contributed by atoms with van der Waals surface area (Å²) in [6.45, 7) is 4.82. The van der Waals surface area contributed by atoms with Gasteiger partial charge < -0.3 is 35.0 Å². The highest BCUT2D eigenvalue weighted by Gasteiger charge is 2.46. The van der Waals surface area contributed by atoms with Gasteiger partial charge in [0.25, 0.3) is 0 Å². The minimum absolute atomic E-state index is 0.358. The van der Waals surface area contributed by atoms with Crippen LogP contribution in [-0.2, 0) is 14.3 Å². The molecule has 0 aromatic heterocycles. The first-order valence-corrected chi connectivity index (χ1v) is 7.98. The Morgan fingerprint density at radius 3 is 2.38 bits per heavy atom. The smallest absolute Gasteiger partial charge is 0.332 e. The Bertz CT molecular complexity index is 512. The highest BCUT2D eigenvalue weighted by molar-refractivity contribution is 5.89. The zero-order valence-corrected chi connectivity index (χ0v) is 14.0. The van der Waals surface area contributed by atoms with Crippen LogP contribution in [0.2, 0.25) is 0 Å². The maximum Gasteiger partial charge on any atom is 0.332 e. The second-order valence-corrected chi connectivity index (χ2v) is 7.21. The first-order chi connectivity index (χ1) is 11.1. The summed E-state index contributed by atoms with van der Waals surface area (Å²) in [5.74, 6) is -0.955. The number of carboxylic acids is 1. The lowest BCUT2D eigenvalue weighted by molar-refractivity contribution is -0.313. The highest BCUT2D eigenvalue weighted by atomic mass is 16.7. The van der Waals surface area contributed by atoms with E-state index in [9.17, 15) is 30.3 Å². The van der Waals surface area contributed by atoms with Gasteiger partial charge >= 0.3 is 5.97 Å². The van der Waals surface area contributed by atoms with Crippen molar-refractivity contribution in [3.63, 3.8) is 0 Å². The van der Waals surface area contributed by atoms with Crippen molar-refractivity contribution in [3.05, 3.63) is 11.1 Å².